The summed E-state index contributed by atoms with van der Waals surface area (Å²) in [7, 11) is 1.51. The first-order valence-corrected chi connectivity index (χ1v) is 9.23. The van der Waals surface area contributed by atoms with E-state index in [2.05, 4.69) is 11.4 Å². The number of amides is 1. The topological polar surface area (TPSA) is 88.4 Å². The Hall–Kier alpha value is -4.11. The van der Waals surface area contributed by atoms with Crippen molar-refractivity contribution in [1.29, 1.82) is 5.26 Å². The predicted molar refractivity (Wildman–Crippen MR) is 113 cm³/mol. The molecule has 0 aliphatic rings. The molecular weight excluding hydrogens is 380 g/mol. The van der Waals surface area contributed by atoms with Crippen molar-refractivity contribution in [2.24, 2.45) is 0 Å². The average Bonchev–Trinajstić information content (AvgIpc) is 2.77. The molecule has 0 radical (unpaired) electrons. The van der Waals surface area contributed by atoms with E-state index in [1.165, 1.54) is 7.11 Å². The van der Waals surface area contributed by atoms with Crippen LogP contribution in [0.2, 0.25) is 0 Å². The lowest BCUT2D eigenvalue weighted by atomic mass is 9.96. The Morgan fingerprint density at radius 1 is 1.00 bits per heavy atom. The van der Waals surface area contributed by atoms with Crippen LogP contribution in [0.15, 0.2) is 66.7 Å². The molecule has 0 aliphatic carbocycles. The number of hydrogen-bond donors (Lipinski definition) is 1. The molecule has 1 amide bonds. The van der Waals surface area contributed by atoms with Gasteiger partial charge in [0, 0.05) is 5.56 Å². The van der Waals surface area contributed by atoms with E-state index in [0.717, 1.165) is 5.56 Å². The van der Waals surface area contributed by atoms with Crippen molar-refractivity contribution < 1.29 is 19.1 Å². The number of rotatable bonds is 6. The molecule has 3 aromatic rings. The van der Waals surface area contributed by atoms with Crippen molar-refractivity contribution in [2.45, 2.75) is 6.92 Å². The van der Waals surface area contributed by atoms with Gasteiger partial charge in [0.15, 0.2) is 6.61 Å². The number of esters is 1. The maximum Gasteiger partial charge on any atom is 0.339 e. The number of nitriles is 1. The molecule has 30 heavy (non-hydrogen) atoms. The van der Waals surface area contributed by atoms with E-state index in [1.54, 1.807) is 60.7 Å². The summed E-state index contributed by atoms with van der Waals surface area (Å²) in [6, 6.07) is 21.3. The van der Waals surface area contributed by atoms with Crippen molar-refractivity contribution >= 4 is 17.6 Å². The van der Waals surface area contributed by atoms with Gasteiger partial charge in [-0.15, -0.1) is 0 Å². The maximum atomic E-state index is 12.7. The number of nitrogens with one attached hydrogen (secondary N) is 1. The molecule has 150 valence electrons. The third-order valence-electron chi connectivity index (χ3n) is 4.45. The van der Waals surface area contributed by atoms with Gasteiger partial charge >= 0.3 is 5.97 Å². The molecule has 0 saturated carbocycles. The third kappa shape index (κ3) is 4.65. The summed E-state index contributed by atoms with van der Waals surface area (Å²) in [6.07, 6.45) is 0. The first-order valence-electron chi connectivity index (χ1n) is 9.23. The van der Waals surface area contributed by atoms with Crippen LogP contribution in [0, 0.1) is 18.3 Å². The second kappa shape index (κ2) is 9.39. The number of methoxy groups -OCH3 is 1. The van der Waals surface area contributed by atoms with Crippen LogP contribution in [0.4, 0.5) is 5.69 Å². The average molecular weight is 400 g/mol. The molecule has 0 spiro atoms. The summed E-state index contributed by atoms with van der Waals surface area (Å²) in [6.45, 7) is 1.44. The fraction of sp³-hybridized carbons (Fsp3) is 0.125. The quantitative estimate of drug-likeness (QED) is 0.622. The summed E-state index contributed by atoms with van der Waals surface area (Å²) >= 11 is 0. The number of benzene rings is 3. The molecule has 0 heterocycles. The Labute approximate surface area is 174 Å². The highest BCUT2D eigenvalue weighted by Gasteiger charge is 2.17. The zero-order valence-corrected chi connectivity index (χ0v) is 16.6. The van der Waals surface area contributed by atoms with Crippen LogP contribution >= 0.6 is 0 Å². The van der Waals surface area contributed by atoms with Crippen LogP contribution in [-0.4, -0.2) is 25.6 Å². The second-order valence-electron chi connectivity index (χ2n) is 6.53. The fourth-order valence-electron chi connectivity index (χ4n) is 3.03. The maximum absolute atomic E-state index is 12.7. The van der Waals surface area contributed by atoms with Gasteiger partial charge in [0.1, 0.15) is 5.75 Å². The van der Waals surface area contributed by atoms with E-state index < -0.39 is 18.5 Å². The highest BCUT2D eigenvalue weighted by Crippen LogP contribution is 2.28. The minimum absolute atomic E-state index is 0.279. The Balaban J connectivity index is 1.74. The molecule has 6 heteroatoms. The number of hydrogen-bond acceptors (Lipinski definition) is 5. The summed E-state index contributed by atoms with van der Waals surface area (Å²) in [4.78, 5) is 25.0. The summed E-state index contributed by atoms with van der Waals surface area (Å²) in [5, 5.41) is 12.0. The smallest absolute Gasteiger partial charge is 0.339 e. The van der Waals surface area contributed by atoms with E-state index in [-0.39, 0.29) is 5.56 Å². The normalized spacial score (nSPS) is 10.0. The Morgan fingerprint density at radius 3 is 2.43 bits per heavy atom. The molecule has 3 aromatic carbocycles. The minimum Gasteiger partial charge on any atom is -0.495 e. The molecule has 0 fully saturated rings. The Kier molecular flexibility index (Phi) is 6.46. The monoisotopic (exact) mass is 400 g/mol. The van der Waals surface area contributed by atoms with Crippen molar-refractivity contribution in [3.63, 3.8) is 0 Å². The Morgan fingerprint density at radius 2 is 1.70 bits per heavy atom. The number of anilines is 1. The summed E-state index contributed by atoms with van der Waals surface area (Å²) < 4.78 is 10.5. The lowest BCUT2D eigenvalue weighted by Crippen LogP contribution is -2.21. The van der Waals surface area contributed by atoms with Crippen LogP contribution in [-0.2, 0) is 9.53 Å². The molecule has 0 aliphatic heterocycles. The molecule has 1 N–H and O–H groups in total. The van der Waals surface area contributed by atoms with E-state index in [4.69, 9.17) is 9.47 Å². The largest absolute Gasteiger partial charge is 0.495 e. The van der Waals surface area contributed by atoms with Gasteiger partial charge in [-0.05, 0) is 42.3 Å². The van der Waals surface area contributed by atoms with Gasteiger partial charge in [-0.2, -0.15) is 5.26 Å². The molecular formula is C24H20N2O4. The predicted octanol–water partition coefficient (Wildman–Crippen LogP) is 4.34. The highest BCUT2D eigenvalue weighted by molar-refractivity contribution is 6.00. The van der Waals surface area contributed by atoms with Gasteiger partial charge in [0.25, 0.3) is 5.91 Å². The van der Waals surface area contributed by atoms with Crippen molar-refractivity contribution in [3.05, 3.63) is 83.4 Å². The van der Waals surface area contributed by atoms with E-state index in [9.17, 15) is 14.9 Å². The molecule has 0 atom stereocenters. The minimum atomic E-state index is -0.648. The van der Waals surface area contributed by atoms with Gasteiger partial charge < -0.3 is 14.8 Å². The van der Waals surface area contributed by atoms with Gasteiger partial charge in [-0.1, -0.05) is 42.5 Å². The molecule has 0 unspecified atom stereocenters. The summed E-state index contributed by atoms with van der Waals surface area (Å²) in [5.41, 5.74) is 3.38. The first-order chi connectivity index (χ1) is 14.5. The third-order valence-corrected chi connectivity index (χ3v) is 4.45. The van der Waals surface area contributed by atoms with E-state index in [1.807, 2.05) is 13.0 Å². The van der Waals surface area contributed by atoms with Gasteiger partial charge in [0.2, 0.25) is 0 Å². The number of aryl methyl sites for hydroxylation is 1. The van der Waals surface area contributed by atoms with Crippen LogP contribution < -0.4 is 10.1 Å². The number of carbonyl (C=O) groups excluding carboxylic acids is 2. The van der Waals surface area contributed by atoms with Crippen LogP contribution in [0.3, 0.4) is 0 Å². The molecule has 3 rings (SSSR count). The Bertz CT molecular complexity index is 1130. The van der Waals surface area contributed by atoms with Gasteiger partial charge in [0.05, 0.1) is 30.0 Å². The molecule has 0 bridgehead atoms. The fourth-order valence-corrected chi connectivity index (χ4v) is 3.03. The van der Waals surface area contributed by atoms with E-state index in [0.29, 0.717) is 28.1 Å². The van der Waals surface area contributed by atoms with Gasteiger partial charge in [-0.3, -0.25) is 4.79 Å². The number of carbonyl (C=O) groups is 2. The lowest BCUT2D eigenvalue weighted by Gasteiger charge is -2.12. The number of nitrogens with zero attached hydrogens (tertiary/aromatic N) is 1. The van der Waals surface area contributed by atoms with Crippen molar-refractivity contribution in [1.82, 2.24) is 0 Å². The highest BCUT2D eigenvalue weighted by atomic mass is 16.5. The molecule has 0 aromatic heterocycles. The summed E-state index contributed by atoms with van der Waals surface area (Å²) in [5.74, 6) is -0.620. The van der Waals surface area contributed by atoms with Crippen molar-refractivity contribution in [2.75, 3.05) is 19.0 Å². The van der Waals surface area contributed by atoms with Crippen molar-refractivity contribution in [3.8, 4) is 22.9 Å². The number of ether oxygens (including phenoxy) is 2. The molecule has 0 saturated heterocycles. The van der Waals surface area contributed by atoms with Gasteiger partial charge in [-0.25, -0.2) is 4.79 Å². The van der Waals surface area contributed by atoms with Crippen LogP contribution in [0.1, 0.15) is 21.5 Å². The van der Waals surface area contributed by atoms with Crippen LogP contribution in [0.25, 0.3) is 11.1 Å². The van der Waals surface area contributed by atoms with E-state index >= 15 is 0 Å². The molecule has 6 nitrogen and oxygen atoms in total. The zero-order chi connectivity index (χ0) is 21.5. The zero-order valence-electron chi connectivity index (χ0n) is 16.6. The first kappa shape index (κ1) is 20.6. The second-order valence-corrected chi connectivity index (χ2v) is 6.53. The SMILES string of the molecule is COc1ccc(C)cc1NC(=O)COC(=O)c1ccccc1-c1ccccc1C#N. The standard InChI is InChI=1S/C24H20N2O4/c1-16-11-12-22(29-2)21(13-16)26-23(27)15-30-24(28)20-10-6-5-9-19(20)18-8-4-3-7-17(18)14-25/h3-13H,15H2,1-2H3,(H,26,27). The lowest BCUT2D eigenvalue weighted by molar-refractivity contribution is -0.119. The van der Waals surface area contributed by atoms with Crippen LogP contribution in [0.5, 0.6) is 5.75 Å².